The van der Waals surface area contributed by atoms with Gasteiger partial charge in [-0.1, -0.05) is 11.6 Å². The predicted molar refractivity (Wildman–Crippen MR) is 54.5 cm³/mol. The van der Waals surface area contributed by atoms with E-state index in [4.69, 9.17) is 4.74 Å². The van der Waals surface area contributed by atoms with E-state index in [0.29, 0.717) is 13.2 Å². The standard InChI is InChI=1S/C10H13N3O2/c14-10(13-4-3-11-8-13)12-7-9-1-5-15-6-2-9/h1,3-4,8H,2,5-7H2,(H,12,14). The summed E-state index contributed by atoms with van der Waals surface area (Å²) in [5, 5.41) is 2.81. The fourth-order valence-corrected chi connectivity index (χ4v) is 1.39. The molecule has 2 rings (SSSR count). The molecule has 0 bridgehead atoms. The zero-order chi connectivity index (χ0) is 10.5. The number of carbonyl (C=O) groups excluding carboxylic acids is 1. The number of ether oxygens (including phenoxy) is 1. The summed E-state index contributed by atoms with van der Waals surface area (Å²) in [5.41, 5.74) is 1.22. The Bertz CT molecular complexity index is 357. The van der Waals surface area contributed by atoms with Crippen LogP contribution in [0, 0.1) is 0 Å². The van der Waals surface area contributed by atoms with Crippen molar-refractivity contribution in [3.05, 3.63) is 30.4 Å². The zero-order valence-corrected chi connectivity index (χ0v) is 8.35. The van der Waals surface area contributed by atoms with Crippen LogP contribution in [0.3, 0.4) is 0 Å². The minimum absolute atomic E-state index is 0.153. The van der Waals surface area contributed by atoms with Crippen molar-refractivity contribution in [1.29, 1.82) is 0 Å². The first-order chi connectivity index (χ1) is 7.36. The van der Waals surface area contributed by atoms with Gasteiger partial charge < -0.3 is 10.1 Å². The molecule has 1 amide bonds. The van der Waals surface area contributed by atoms with Gasteiger partial charge in [0.2, 0.25) is 0 Å². The Labute approximate surface area is 87.8 Å². The first-order valence-electron chi connectivity index (χ1n) is 4.88. The van der Waals surface area contributed by atoms with E-state index in [1.807, 2.05) is 6.08 Å². The third-order valence-corrected chi connectivity index (χ3v) is 2.26. The van der Waals surface area contributed by atoms with E-state index in [9.17, 15) is 4.79 Å². The Morgan fingerprint density at radius 1 is 1.67 bits per heavy atom. The molecule has 1 N–H and O–H groups in total. The van der Waals surface area contributed by atoms with E-state index in [2.05, 4.69) is 10.3 Å². The maximum absolute atomic E-state index is 11.5. The SMILES string of the molecule is O=C(NCC1=CCOCC1)n1ccnc1. The number of aromatic nitrogens is 2. The normalized spacial score (nSPS) is 15.9. The highest BCUT2D eigenvalue weighted by molar-refractivity contribution is 5.76. The van der Waals surface area contributed by atoms with Crippen LogP contribution in [0.2, 0.25) is 0 Å². The van der Waals surface area contributed by atoms with Gasteiger partial charge in [0.25, 0.3) is 0 Å². The average molecular weight is 207 g/mol. The van der Waals surface area contributed by atoms with Crippen LogP contribution >= 0.6 is 0 Å². The monoisotopic (exact) mass is 207 g/mol. The van der Waals surface area contributed by atoms with Crippen LogP contribution < -0.4 is 5.32 Å². The molecule has 1 aromatic heterocycles. The number of nitrogens with one attached hydrogen (secondary N) is 1. The average Bonchev–Trinajstić information content (AvgIpc) is 2.81. The summed E-state index contributed by atoms with van der Waals surface area (Å²) in [5.74, 6) is 0. The molecule has 1 aliphatic rings. The molecule has 0 saturated heterocycles. The van der Waals surface area contributed by atoms with Gasteiger partial charge in [0.15, 0.2) is 0 Å². The quantitative estimate of drug-likeness (QED) is 0.729. The number of rotatable bonds is 2. The van der Waals surface area contributed by atoms with Crippen LogP contribution in [0.15, 0.2) is 30.4 Å². The largest absolute Gasteiger partial charge is 0.377 e. The fraction of sp³-hybridized carbons (Fsp3) is 0.400. The second kappa shape index (κ2) is 4.75. The molecule has 0 aliphatic carbocycles. The van der Waals surface area contributed by atoms with Gasteiger partial charge in [-0.25, -0.2) is 9.78 Å². The van der Waals surface area contributed by atoms with E-state index in [1.165, 1.54) is 16.5 Å². The van der Waals surface area contributed by atoms with Gasteiger partial charge in [-0.15, -0.1) is 0 Å². The molecule has 0 saturated carbocycles. The third-order valence-electron chi connectivity index (χ3n) is 2.26. The molecule has 0 unspecified atom stereocenters. The number of hydrogen-bond acceptors (Lipinski definition) is 3. The summed E-state index contributed by atoms with van der Waals surface area (Å²) < 4.78 is 6.59. The Balaban J connectivity index is 1.83. The van der Waals surface area contributed by atoms with Crippen LogP contribution in [0.1, 0.15) is 6.42 Å². The first kappa shape index (κ1) is 9.92. The fourth-order valence-electron chi connectivity index (χ4n) is 1.39. The molecule has 2 heterocycles. The highest BCUT2D eigenvalue weighted by atomic mass is 16.5. The lowest BCUT2D eigenvalue weighted by molar-refractivity contribution is 0.153. The molecule has 1 aromatic rings. The molecule has 80 valence electrons. The molecule has 0 fully saturated rings. The number of imidazole rings is 1. The second-order valence-electron chi connectivity index (χ2n) is 3.32. The Kier molecular flexibility index (Phi) is 3.14. The van der Waals surface area contributed by atoms with Crippen LogP contribution in [-0.4, -0.2) is 35.3 Å². The third kappa shape index (κ3) is 2.66. The summed E-state index contributed by atoms with van der Waals surface area (Å²) in [4.78, 5) is 15.3. The van der Waals surface area contributed by atoms with E-state index < -0.39 is 0 Å². The van der Waals surface area contributed by atoms with Crippen LogP contribution in [0.5, 0.6) is 0 Å². The van der Waals surface area contributed by atoms with Crippen LogP contribution in [0.25, 0.3) is 0 Å². The second-order valence-corrected chi connectivity index (χ2v) is 3.32. The molecule has 5 heteroatoms. The van der Waals surface area contributed by atoms with Crippen molar-refractivity contribution in [2.75, 3.05) is 19.8 Å². The Hall–Kier alpha value is -1.62. The van der Waals surface area contributed by atoms with E-state index in [1.54, 1.807) is 12.4 Å². The molecule has 0 spiro atoms. The molecule has 0 aromatic carbocycles. The van der Waals surface area contributed by atoms with Crippen molar-refractivity contribution in [3.8, 4) is 0 Å². The Morgan fingerprint density at radius 3 is 3.27 bits per heavy atom. The van der Waals surface area contributed by atoms with E-state index in [0.717, 1.165) is 13.0 Å². The van der Waals surface area contributed by atoms with E-state index >= 15 is 0 Å². The van der Waals surface area contributed by atoms with Gasteiger partial charge >= 0.3 is 6.03 Å². The molecular formula is C10H13N3O2. The van der Waals surface area contributed by atoms with Gasteiger partial charge in [-0.2, -0.15) is 0 Å². The van der Waals surface area contributed by atoms with Gasteiger partial charge in [-0.3, -0.25) is 4.57 Å². The van der Waals surface area contributed by atoms with Gasteiger partial charge in [0.1, 0.15) is 6.33 Å². The summed E-state index contributed by atoms with van der Waals surface area (Å²) >= 11 is 0. The predicted octanol–water partition coefficient (Wildman–Crippen LogP) is 0.788. The summed E-state index contributed by atoms with van der Waals surface area (Å²) in [6.07, 6.45) is 7.58. The van der Waals surface area contributed by atoms with Crippen molar-refractivity contribution >= 4 is 6.03 Å². The van der Waals surface area contributed by atoms with Crippen molar-refractivity contribution in [3.63, 3.8) is 0 Å². The summed E-state index contributed by atoms with van der Waals surface area (Å²) in [7, 11) is 0. The maximum atomic E-state index is 11.5. The highest BCUT2D eigenvalue weighted by Gasteiger charge is 2.06. The van der Waals surface area contributed by atoms with Crippen molar-refractivity contribution in [2.24, 2.45) is 0 Å². The van der Waals surface area contributed by atoms with Gasteiger partial charge in [-0.05, 0) is 6.42 Å². The lowest BCUT2D eigenvalue weighted by Gasteiger charge is -2.13. The topological polar surface area (TPSA) is 56.1 Å². The molecular weight excluding hydrogens is 194 g/mol. The number of nitrogens with zero attached hydrogens (tertiary/aromatic N) is 2. The molecule has 0 radical (unpaired) electrons. The minimum atomic E-state index is -0.153. The first-order valence-corrected chi connectivity index (χ1v) is 4.88. The Morgan fingerprint density at radius 2 is 2.60 bits per heavy atom. The zero-order valence-electron chi connectivity index (χ0n) is 8.35. The number of hydrogen-bond donors (Lipinski definition) is 1. The van der Waals surface area contributed by atoms with Crippen LogP contribution in [-0.2, 0) is 4.74 Å². The number of amides is 1. The van der Waals surface area contributed by atoms with Gasteiger partial charge in [0, 0.05) is 18.9 Å². The molecule has 5 nitrogen and oxygen atoms in total. The highest BCUT2D eigenvalue weighted by Crippen LogP contribution is 2.05. The lowest BCUT2D eigenvalue weighted by atomic mass is 10.1. The molecule has 0 atom stereocenters. The van der Waals surface area contributed by atoms with Crippen LogP contribution in [0.4, 0.5) is 4.79 Å². The van der Waals surface area contributed by atoms with Gasteiger partial charge in [0.05, 0.1) is 13.2 Å². The van der Waals surface area contributed by atoms with Crippen molar-refractivity contribution in [2.45, 2.75) is 6.42 Å². The lowest BCUT2D eigenvalue weighted by Crippen LogP contribution is -2.30. The summed E-state index contributed by atoms with van der Waals surface area (Å²) in [6, 6.07) is -0.153. The molecule has 1 aliphatic heterocycles. The minimum Gasteiger partial charge on any atom is -0.377 e. The molecule has 15 heavy (non-hydrogen) atoms. The number of carbonyl (C=O) groups is 1. The summed E-state index contributed by atoms with van der Waals surface area (Å²) in [6.45, 7) is 1.98. The van der Waals surface area contributed by atoms with Crippen molar-refractivity contribution in [1.82, 2.24) is 14.9 Å². The smallest absolute Gasteiger partial charge is 0.327 e. The van der Waals surface area contributed by atoms with Crippen molar-refractivity contribution < 1.29 is 9.53 Å². The van der Waals surface area contributed by atoms with E-state index in [-0.39, 0.29) is 6.03 Å². The maximum Gasteiger partial charge on any atom is 0.327 e.